The normalized spacial score (nSPS) is 23.5. The summed E-state index contributed by atoms with van der Waals surface area (Å²) in [5.74, 6) is 1.41. The Morgan fingerprint density at radius 1 is 1.09 bits per heavy atom. The van der Waals surface area contributed by atoms with Crippen molar-refractivity contribution in [1.29, 1.82) is 0 Å². The molecule has 1 aromatic rings. The minimum Gasteiger partial charge on any atom is -0.356 e. The first-order valence-corrected chi connectivity index (χ1v) is 14.5. The van der Waals surface area contributed by atoms with Crippen LogP contribution in [0.4, 0.5) is 0 Å². The zero-order valence-electron chi connectivity index (χ0n) is 21.6. The van der Waals surface area contributed by atoms with Gasteiger partial charge in [0.25, 0.3) is 10.0 Å². The van der Waals surface area contributed by atoms with Crippen LogP contribution in [0, 0.1) is 25.7 Å². The monoisotopic (exact) mass is 500 g/mol. The maximum Gasteiger partial charge on any atom is 0.285 e. The standard InChI is InChI=1S/C27H40N4O3S/c1-19-7-5-13-30(18-19)14-6-12-28-27(32)23-10-15-31(16-11-23)26-22(4)25(35(33,34)29-26)24-9-8-20(2)21(3)17-24/h8-9,17,19,23H,5-7,10-16,18H2,1-4H3,(H,28,32)/t19-/m1/s1. The van der Waals surface area contributed by atoms with Crippen LogP contribution < -0.4 is 5.32 Å². The summed E-state index contributed by atoms with van der Waals surface area (Å²) in [6, 6.07) is 5.74. The molecular formula is C27H40N4O3S. The first-order chi connectivity index (χ1) is 16.7. The first kappa shape index (κ1) is 25.9. The summed E-state index contributed by atoms with van der Waals surface area (Å²) < 4.78 is 30.0. The molecule has 0 unspecified atom stereocenters. The second-order valence-electron chi connectivity index (χ2n) is 10.6. The van der Waals surface area contributed by atoms with Crippen molar-refractivity contribution in [3.63, 3.8) is 0 Å². The number of hydrogen-bond acceptors (Lipinski definition) is 5. The molecule has 3 aliphatic heterocycles. The van der Waals surface area contributed by atoms with Crippen molar-refractivity contribution in [3.8, 4) is 0 Å². The van der Waals surface area contributed by atoms with E-state index < -0.39 is 10.0 Å². The quantitative estimate of drug-likeness (QED) is 0.602. The molecule has 0 bridgehead atoms. The third-order valence-electron chi connectivity index (χ3n) is 7.77. The number of nitrogens with one attached hydrogen (secondary N) is 1. The fourth-order valence-electron chi connectivity index (χ4n) is 5.57. The van der Waals surface area contributed by atoms with E-state index in [1.54, 1.807) is 0 Å². The van der Waals surface area contributed by atoms with Crippen molar-refractivity contribution >= 4 is 26.7 Å². The van der Waals surface area contributed by atoms with Crippen LogP contribution in [0.2, 0.25) is 0 Å². The number of benzene rings is 1. The number of sulfonamides is 1. The Balaban J connectivity index is 1.29. The molecule has 0 radical (unpaired) electrons. The molecule has 4 rings (SSSR count). The molecule has 7 nitrogen and oxygen atoms in total. The van der Waals surface area contributed by atoms with E-state index in [1.807, 2.05) is 43.9 Å². The van der Waals surface area contributed by atoms with E-state index >= 15 is 0 Å². The zero-order valence-corrected chi connectivity index (χ0v) is 22.5. The smallest absolute Gasteiger partial charge is 0.285 e. The number of aryl methyl sites for hydroxylation is 2. The molecule has 0 aromatic heterocycles. The molecule has 1 aromatic carbocycles. The highest BCUT2D eigenvalue weighted by Crippen LogP contribution is 2.35. The van der Waals surface area contributed by atoms with E-state index in [4.69, 9.17) is 0 Å². The van der Waals surface area contributed by atoms with Gasteiger partial charge in [-0.15, -0.1) is 4.40 Å². The van der Waals surface area contributed by atoms with Gasteiger partial charge in [-0.1, -0.05) is 25.1 Å². The van der Waals surface area contributed by atoms with E-state index in [0.717, 1.165) is 36.6 Å². The van der Waals surface area contributed by atoms with Gasteiger partial charge in [0.2, 0.25) is 5.91 Å². The molecule has 0 spiro atoms. The van der Waals surface area contributed by atoms with Crippen LogP contribution in [0.15, 0.2) is 28.2 Å². The number of hydrogen-bond donors (Lipinski definition) is 1. The Morgan fingerprint density at radius 3 is 2.51 bits per heavy atom. The Bertz CT molecular complexity index is 1120. The lowest BCUT2D eigenvalue weighted by molar-refractivity contribution is -0.126. The van der Waals surface area contributed by atoms with Crippen molar-refractivity contribution in [2.45, 2.75) is 59.8 Å². The lowest BCUT2D eigenvalue weighted by Crippen LogP contribution is -2.43. The number of likely N-dealkylation sites (tertiary alicyclic amines) is 2. The van der Waals surface area contributed by atoms with Gasteiger partial charge in [0.1, 0.15) is 10.7 Å². The number of carbonyl (C=O) groups excluding carboxylic acids is 1. The van der Waals surface area contributed by atoms with Gasteiger partial charge in [-0.05, 0) is 88.6 Å². The summed E-state index contributed by atoms with van der Waals surface area (Å²) in [4.78, 5) is 17.6. The van der Waals surface area contributed by atoms with Crippen LogP contribution in [0.25, 0.3) is 4.91 Å². The summed E-state index contributed by atoms with van der Waals surface area (Å²) in [7, 11) is -3.73. The van der Waals surface area contributed by atoms with Crippen molar-refractivity contribution < 1.29 is 13.2 Å². The Hall–Kier alpha value is -2.19. The predicted molar refractivity (Wildman–Crippen MR) is 142 cm³/mol. The van der Waals surface area contributed by atoms with Gasteiger partial charge in [0.15, 0.2) is 0 Å². The lowest BCUT2D eigenvalue weighted by Gasteiger charge is -2.33. The molecule has 2 fully saturated rings. The fraction of sp³-hybridized carbons (Fsp3) is 0.630. The summed E-state index contributed by atoms with van der Waals surface area (Å²) in [6.45, 7) is 13.5. The molecule has 1 amide bonds. The first-order valence-electron chi connectivity index (χ1n) is 13.0. The predicted octanol–water partition coefficient (Wildman–Crippen LogP) is 3.73. The van der Waals surface area contributed by atoms with Crippen molar-refractivity contribution in [2.75, 3.05) is 39.3 Å². The summed E-state index contributed by atoms with van der Waals surface area (Å²) in [5.41, 5.74) is 3.58. The van der Waals surface area contributed by atoms with E-state index in [1.165, 1.54) is 25.9 Å². The van der Waals surface area contributed by atoms with Gasteiger partial charge in [-0.2, -0.15) is 8.42 Å². The van der Waals surface area contributed by atoms with Gasteiger partial charge < -0.3 is 15.1 Å². The highest BCUT2D eigenvalue weighted by molar-refractivity contribution is 8.00. The number of amides is 1. The maximum absolute atomic E-state index is 12.9. The number of piperidine rings is 2. The topological polar surface area (TPSA) is 82.1 Å². The number of carbonyl (C=O) groups is 1. The highest BCUT2D eigenvalue weighted by atomic mass is 32.2. The average Bonchev–Trinajstić information content (AvgIpc) is 3.07. The number of amidine groups is 1. The SMILES string of the molecule is CC1=C(c2ccc(C)c(C)c2)S(=O)(=O)N=C1N1CCC(C(=O)NCCCN2CCC[C@@H](C)C2)CC1. The fourth-order valence-corrected chi connectivity index (χ4v) is 7.04. The largest absolute Gasteiger partial charge is 0.356 e. The third kappa shape index (κ3) is 5.97. The van der Waals surface area contributed by atoms with Crippen LogP contribution in [-0.2, 0) is 14.8 Å². The molecule has 0 aliphatic carbocycles. The zero-order chi connectivity index (χ0) is 25.2. The molecule has 3 aliphatic rings. The van der Waals surface area contributed by atoms with Crippen LogP contribution in [0.3, 0.4) is 0 Å². The van der Waals surface area contributed by atoms with Crippen LogP contribution in [0.1, 0.15) is 62.6 Å². The minimum absolute atomic E-state index is 0.0247. The van der Waals surface area contributed by atoms with E-state index in [0.29, 0.717) is 47.8 Å². The van der Waals surface area contributed by atoms with Crippen LogP contribution in [0.5, 0.6) is 0 Å². The van der Waals surface area contributed by atoms with Gasteiger partial charge >= 0.3 is 0 Å². The van der Waals surface area contributed by atoms with E-state index in [-0.39, 0.29) is 11.8 Å². The molecule has 0 saturated carbocycles. The third-order valence-corrected chi connectivity index (χ3v) is 9.24. The van der Waals surface area contributed by atoms with Gasteiger partial charge in [0, 0.05) is 37.7 Å². The molecule has 1 N–H and O–H groups in total. The van der Waals surface area contributed by atoms with Gasteiger partial charge in [-0.3, -0.25) is 4.79 Å². The summed E-state index contributed by atoms with van der Waals surface area (Å²) >= 11 is 0. The van der Waals surface area contributed by atoms with E-state index in [2.05, 4.69) is 21.5 Å². The highest BCUT2D eigenvalue weighted by Gasteiger charge is 2.35. The minimum atomic E-state index is -3.73. The molecule has 2 saturated heterocycles. The molecule has 3 heterocycles. The van der Waals surface area contributed by atoms with E-state index in [9.17, 15) is 13.2 Å². The Kier molecular flexibility index (Phi) is 8.01. The van der Waals surface area contributed by atoms with Crippen molar-refractivity contribution in [2.24, 2.45) is 16.2 Å². The van der Waals surface area contributed by atoms with Gasteiger partial charge in [-0.25, -0.2) is 0 Å². The molecule has 8 heteroatoms. The molecule has 35 heavy (non-hydrogen) atoms. The van der Waals surface area contributed by atoms with Gasteiger partial charge in [0.05, 0.1) is 0 Å². The van der Waals surface area contributed by atoms with Crippen molar-refractivity contribution in [1.82, 2.24) is 15.1 Å². The Labute approximate surface area is 210 Å². The maximum atomic E-state index is 12.9. The molecule has 192 valence electrons. The second-order valence-corrected chi connectivity index (χ2v) is 12.1. The van der Waals surface area contributed by atoms with Crippen molar-refractivity contribution in [3.05, 3.63) is 40.5 Å². The molecule has 1 atom stereocenters. The molecular weight excluding hydrogens is 460 g/mol. The Morgan fingerprint density at radius 2 is 1.83 bits per heavy atom. The number of nitrogens with zero attached hydrogens (tertiary/aromatic N) is 3. The summed E-state index contributed by atoms with van der Waals surface area (Å²) in [6.07, 6.45) is 5.00. The average molecular weight is 501 g/mol. The summed E-state index contributed by atoms with van der Waals surface area (Å²) in [5, 5.41) is 3.13. The lowest BCUT2D eigenvalue weighted by atomic mass is 9.95. The number of rotatable bonds is 6. The van der Waals surface area contributed by atoms with Crippen LogP contribution >= 0.6 is 0 Å². The second kappa shape index (κ2) is 10.8. The van der Waals surface area contributed by atoms with Crippen LogP contribution in [-0.4, -0.2) is 69.2 Å².